The number of nitriles is 1. The van der Waals surface area contributed by atoms with Crippen LogP contribution in [-0.4, -0.2) is 20.6 Å². The van der Waals surface area contributed by atoms with Gasteiger partial charge in [-0.15, -0.1) is 0 Å². The molecular weight excluding hydrogens is 333 g/mol. The van der Waals surface area contributed by atoms with Crippen molar-refractivity contribution in [3.05, 3.63) is 51.8 Å². The molecule has 0 fully saturated rings. The molecule has 0 spiro atoms. The molecule has 8 heteroatoms. The van der Waals surface area contributed by atoms with E-state index in [1.807, 2.05) is 13.0 Å². The van der Waals surface area contributed by atoms with E-state index < -0.39 is 29.3 Å². The molecule has 1 amide bonds. The third-order valence-corrected chi connectivity index (χ3v) is 4.59. The van der Waals surface area contributed by atoms with Gasteiger partial charge in [-0.2, -0.15) is 23.5 Å². The van der Waals surface area contributed by atoms with Crippen LogP contribution < -0.4 is 0 Å². The zero-order chi connectivity index (χ0) is 18.5. The predicted molar refractivity (Wildman–Crippen MR) is 82.4 cm³/mol. The highest BCUT2D eigenvalue weighted by Crippen LogP contribution is 2.42. The molecule has 1 aromatic heterocycles. The maximum atomic E-state index is 13.3. The van der Waals surface area contributed by atoms with E-state index in [1.54, 1.807) is 18.7 Å². The summed E-state index contributed by atoms with van der Waals surface area (Å²) in [7, 11) is 1.75. The lowest BCUT2D eigenvalue weighted by Gasteiger charge is -2.20. The number of halogens is 3. The van der Waals surface area contributed by atoms with Gasteiger partial charge in [0.2, 0.25) is 0 Å². The van der Waals surface area contributed by atoms with Crippen LogP contribution in [0.4, 0.5) is 13.2 Å². The van der Waals surface area contributed by atoms with Gasteiger partial charge in [0.05, 0.1) is 29.4 Å². The van der Waals surface area contributed by atoms with Crippen LogP contribution in [-0.2, 0) is 19.8 Å². The Bertz CT molecular complexity index is 908. The van der Waals surface area contributed by atoms with Gasteiger partial charge < -0.3 is 4.90 Å². The van der Waals surface area contributed by atoms with Gasteiger partial charge in [0, 0.05) is 23.9 Å². The summed E-state index contributed by atoms with van der Waals surface area (Å²) in [5.74, 6) is -0.780. The highest BCUT2D eigenvalue weighted by atomic mass is 19.4. The highest BCUT2D eigenvalue weighted by Gasteiger charge is 2.45. The number of hydrogen-bond acceptors (Lipinski definition) is 3. The van der Waals surface area contributed by atoms with Gasteiger partial charge in [-0.25, -0.2) is 0 Å². The van der Waals surface area contributed by atoms with Gasteiger partial charge in [-0.3, -0.25) is 9.48 Å². The number of nitrogens with zero attached hydrogens (tertiary/aromatic N) is 4. The fraction of sp³-hybridized carbons (Fsp3) is 0.353. The fourth-order valence-electron chi connectivity index (χ4n) is 3.22. The molecule has 0 saturated heterocycles. The first-order valence-electron chi connectivity index (χ1n) is 7.56. The molecule has 1 aromatic carbocycles. The molecule has 2 aromatic rings. The van der Waals surface area contributed by atoms with Gasteiger partial charge in [0.1, 0.15) is 6.04 Å². The number of fused-ring (bicyclic) bond motifs is 1. The van der Waals surface area contributed by atoms with E-state index in [0.717, 1.165) is 17.3 Å². The quantitative estimate of drug-likeness (QED) is 0.837. The smallest absolute Gasteiger partial charge is 0.314 e. The van der Waals surface area contributed by atoms with Crippen LogP contribution >= 0.6 is 0 Å². The van der Waals surface area contributed by atoms with Crippen molar-refractivity contribution in [2.45, 2.75) is 32.6 Å². The van der Waals surface area contributed by atoms with Crippen LogP contribution in [0.5, 0.6) is 0 Å². The Kier molecular flexibility index (Phi) is 3.82. The number of aromatic nitrogens is 2. The van der Waals surface area contributed by atoms with E-state index in [9.17, 15) is 23.2 Å². The average molecular weight is 348 g/mol. The molecular formula is C17H15F3N4O. The van der Waals surface area contributed by atoms with Crippen LogP contribution in [0.3, 0.4) is 0 Å². The van der Waals surface area contributed by atoms with Crippen molar-refractivity contribution in [2.24, 2.45) is 7.05 Å². The molecule has 1 aliphatic heterocycles. The van der Waals surface area contributed by atoms with E-state index >= 15 is 0 Å². The van der Waals surface area contributed by atoms with Crippen molar-refractivity contribution in [1.82, 2.24) is 14.7 Å². The van der Waals surface area contributed by atoms with Crippen molar-refractivity contribution < 1.29 is 18.0 Å². The monoisotopic (exact) mass is 348 g/mol. The standard InChI is InChI=1S/C17H15F3N4O/c1-9-12(10(2)23(3)22-9)8-24-14(7-21)11-5-4-6-13(17(18,19)20)15(11)16(24)25/h4-6,14H,8H2,1-3H3. The predicted octanol–water partition coefficient (Wildman–Crippen LogP) is 3.28. The molecule has 0 bridgehead atoms. The van der Waals surface area contributed by atoms with Crippen LogP contribution in [0.1, 0.15) is 44.5 Å². The number of hydrogen-bond donors (Lipinski definition) is 0. The van der Waals surface area contributed by atoms with Gasteiger partial charge in [-0.1, -0.05) is 12.1 Å². The van der Waals surface area contributed by atoms with E-state index in [-0.39, 0.29) is 12.1 Å². The molecule has 1 atom stereocenters. The molecule has 130 valence electrons. The van der Waals surface area contributed by atoms with E-state index in [1.165, 1.54) is 17.0 Å². The Balaban J connectivity index is 2.09. The summed E-state index contributed by atoms with van der Waals surface area (Å²) >= 11 is 0. The zero-order valence-electron chi connectivity index (χ0n) is 13.8. The normalized spacial score (nSPS) is 16.9. The third-order valence-electron chi connectivity index (χ3n) is 4.59. The second-order valence-corrected chi connectivity index (χ2v) is 6.01. The summed E-state index contributed by atoms with van der Waals surface area (Å²) in [5.41, 5.74) is 0.877. The summed E-state index contributed by atoms with van der Waals surface area (Å²) in [6, 6.07) is 4.40. The number of alkyl halides is 3. The van der Waals surface area contributed by atoms with Gasteiger partial charge in [0.15, 0.2) is 0 Å². The minimum absolute atomic E-state index is 0.0363. The second kappa shape index (κ2) is 5.62. The Hall–Kier alpha value is -2.82. The van der Waals surface area contributed by atoms with Gasteiger partial charge in [-0.05, 0) is 19.9 Å². The SMILES string of the molecule is Cc1nn(C)c(C)c1CN1C(=O)c2c(cccc2C(F)(F)F)C1C#N. The molecule has 0 saturated carbocycles. The molecule has 1 unspecified atom stereocenters. The molecule has 0 N–H and O–H groups in total. The number of aryl methyl sites for hydroxylation is 2. The topological polar surface area (TPSA) is 61.9 Å². The third kappa shape index (κ3) is 2.56. The van der Waals surface area contributed by atoms with Crippen LogP contribution in [0, 0.1) is 25.2 Å². The zero-order valence-corrected chi connectivity index (χ0v) is 13.8. The first kappa shape index (κ1) is 17.0. The maximum Gasteiger partial charge on any atom is 0.417 e. The number of carbonyl (C=O) groups excluding carboxylic acids is 1. The molecule has 0 radical (unpaired) electrons. The Labute approximate surface area is 142 Å². The number of amides is 1. The molecule has 0 aliphatic carbocycles. The largest absolute Gasteiger partial charge is 0.417 e. The lowest BCUT2D eigenvalue weighted by Crippen LogP contribution is -2.28. The van der Waals surface area contributed by atoms with Crippen molar-refractivity contribution >= 4 is 5.91 Å². The minimum atomic E-state index is -4.66. The molecule has 2 heterocycles. The van der Waals surface area contributed by atoms with Gasteiger partial charge >= 0.3 is 6.18 Å². The Morgan fingerprint density at radius 2 is 2.00 bits per heavy atom. The maximum absolute atomic E-state index is 13.3. The van der Waals surface area contributed by atoms with Crippen LogP contribution in [0.2, 0.25) is 0 Å². The van der Waals surface area contributed by atoms with Crippen molar-refractivity contribution in [3.63, 3.8) is 0 Å². The summed E-state index contributed by atoms with van der Waals surface area (Å²) in [5, 5.41) is 13.7. The van der Waals surface area contributed by atoms with E-state index in [2.05, 4.69) is 5.10 Å². The lowest BCUT2D eigenvalue weighted by atomic mass is 10.00. The van der Waals surface area contributed by atoms with Crippen LogP contribution in [0.25, 0.3) is 0 Å². The summed E-state index contributed by atoms with van der Waals surface area (Å²) < 4.78 is 41.4. The second-order valence-electron chi connectivity index (χ2n) is 6.01. The molecule has 25 heavy (non-hydrogen) atoms. The average Bonchev–Trinajstić information content (AvgIpc) is 2.95. The first-order chi connectivity index (χ1) is 11.7. The molecule has 1 aliphatic rings. The summed E-state index contributed by atoms with van der Waals surface area (Å²) in [4.78, 5) is 13.9. The number of benzene rings is 1. The van der Waals surface area contributed by atoms with Crippen molar-refractivity contribution in [3.8, 4) is 6.07 Å². The first-order valence-corrected chi connectivity index (χ1v) is 7.56. The lowest BCUT2D eigenvalue weighted by molar-refractivity contribution is -0.137. The van der Waals surface area contributed by atoms with Gasteiger partial charge in [0.25, 0.3) is 5.91 Å². The molecule has 3 rings (SSSR count). The van der Waals surface area contributed by atoms with Crippen LogP contribution in [0.15, 0.2) is 18.2 Å². The molecule has 5 nitrogen and oxygen atoms in total. The van der Waals surface area contributed by atoms with Crippen molar-refractivity contribution in [2.75, 3.05) is 0 Å². The summed E-state index contributed by atoms with van der Waals surface area (Å²) in [6.07, 6.45) is -4.66. The highest BCUT2D eigenvalue weighted by molar-refractivity contribution is 6.01. The number of rotatable bonds is 2. The summed E-state index contributed by atoms with van der Waals surface area (Å²) in [6.45, 7) is 3.61. The van der Waals surface area contributed by atoms with E-state index in [0.29, 0.717) is 5.69 Å². The number of carbonyl (C=O) groups is 1. The van der Waals surface area contributed by atoms with Crippen molar-refractivity contribution in [1.29, 1.82) is 5.26 Å². The van der Waals surface area contributed by atoms with E-state index in [4.69, 9.17) is 0 Å². The minimum Gasteiger partial charge on any atom is -0.314 e. The Morgan fingerprint density at radius 3 is 2.52 bits per heavy atom. The fourth-order valence-corrected chi connectivity index (χ4v) is 3.22. The Morgan fingerprint density at radius 1 is 1.32 bits per heavy atom.